The molecule has 0 rings (SSSR count). The molecule has 1 N–H and O–H groups in total. The van der Waals surface area contributed by atoms with Crippen molar-refractivity contribution < 1.29 is 19.1 Å². The van der Waals surface area contributed by atoms with Gasteiger partial charge in [-0.25, -0.2) is 4.79 Å². The van der Waals surface area contributed by atoms with E-state index in [9.17, 15) is 9.90 Å². The highest BCUT2D eigenvalue weighted by molar-refractivity contribution is 6.74. The lowest BCUT2D eigenvalue weighted by atomic mass is 10.1. The molecule has 0 amide bonds. The van der Waals surface area contributed by atoms with E-state index >= 15 is 0 Å². The first-order chi connectivity index (χ1) is 9.55. The van der Waals surface area contributed by atoms with Crippen LogP contribution in [0.3, 0.4) is 0 Å². The van der Waals surface area contributed by atoms with Gasteiger partial charge in [0.1, 0.15) is 0 Å². The Kier molecular flexibility index (Phi) is 8.14. The topological polar surface area (TPSA) is 55.8 Å². The molecular weight excluding hydrogens is 284 g/mol. The van der Waals surface area contributed by atoms with Crippen LogP contribution in [0.5, 0.6) is 0 Å². The molecule has 5 heteroatoms. The molecule has 122 valence electrons. The highest BCUT2D eigenvalue weighted by atomic mass is 28.4. The summed E-state index contributed by atoms with van der Waals surface area (Å²) in [6, 6.07) is 0. The van der Waals surface area contributed by atoms with Crippen LogP contribution in [-0.2, 0) is 14.0 Å². The third-order valence-corrected chi connectivity index (χ3v) is 8.41. The van der Waals surface area contributed by atoms with Crippen molar-refractivity contribution in [2.75, 3.05) is 7.11 Å². The van der Waals surface area contributed by atoms with E-state index in [1.165, 1.54) is 13.2 Å². The molecule has 0 radical (unpaired) electrons. The number of esters is 1. The molecule has 0 heterocycles. The Hall–Kier alpha value is -0.913. The van der Waals surface area contributed by atoms with Gasteiger partial charge in [0, 0.05) is 6.08 Å². The van der Waals surface area contributed by atoms with E-state index in [1.807, 2.05) is 0 Å². The van der Waals surface area contributed by atoms with E-state index in [0.29, 0.717) is 12.8 Å². The van der Waals surface area contributed by atoms with Gasteiger partial charge in [0.25, 0.3) is 0 Å². The number of methoxy groups -OCH3 is 1. The number of aliphatic hydroxyl groups excluding tert-OH is 1. The maximum atomic E-state index is 10.9. The van der Waals surface area contributed by atoms with E-state index < -0.39 is 14.4 Å². The number of carbonyl (C=O) groups is 1. The Labute approximate surface area is 130 Å². The predicted octanol–water partition coefficient (Wildman–Crippen LogP) is 3.43. The first-order valence-corrected chi connectivity index (χ1v) is 10.2. The number of hydrogen-bond donors (Lipinski definition) is 1. The van der Waals surface area contributed by atoms with Crippen LogP contribution < -0.4 is 0 Å². The van der Waals surface area contributed by atoms with Gasteiger partial charge in [0.15, 0.2) is 8.32 Å². The van der Waals surface area contributed by atoms with Gasteiger partial charge < -0.3 is 14.3 Å². The molecule has 0 bridgehead atoms. The summed E-state index contributed by atoms with van der Waals surface area (Å²) in [7, 11) is -0.611. The van der Waals surface area contributed by atoms with Gasteiger partial charge in [0.05, 0.1) is 19.3 Å². The average Bonchev–Trinajstić information content (AvgIpc) is 2.38. The maximum Gasteiger partial charge on any atom is 0.330 e. The van der Waals surface area contributed by atoms with Crippen molar-refractivity contribution in [1.29, 1.82) is 0 Å². The fourth-order valence-corrected chi connectivity index (χ4v) is 2.77. The Bertz CT molecular complexity index is 369. The summed E-state index contributed by atoms with van der Waals surface area (Å²) in [6.45, 7) is 14.5. The van der Waals surface area contributed by atoms with Crippen molar-refractivity contribution >= 4 is 14.3 Å². The summed E-state index contributed by atoms with van der Waals surface area (Å²) < 4.78 is 10.7. The van der Waals surface area contributed by atoms with Gasteiger partial charge in [-0.3, -0.25) is 0 Å². The Morgan fingerprint density at radius 3 is 2.38 bits per heavy atom. The molecule has 0 saturated heterocycles. The molecule has 0 spiro atoms. The van der Waals surface area contributed by atoms with E-state index in [0.717, 1.165) is 0 Å². The molecule has 4 nitrogen and oxygen atoms in total. The number of hydrogen-bond acceptors (Lipinski definition) is 4. The first kappa shape index (κ1) is 20.1. The van der Waals surface area contributed by atoms with Crippen LogP contribution in [0.4, 0.5) is 0 Å². The predicted molar refractivity (Wildman–Crippen MR) is 88.7 cm³/mol. The standard InChI is InChI=1S/C16H30O4Si/c1-8-14(20-21(6,7)16(2,3)4)13(17)11-9-10-12-15(18)19-5/h8,10,12-14,17H,1,9,11H2,2-7H3/b12-10+/t13-,14-/m0/s1. The van der Waals surface area contributed by atoms with Crippen LogP contribution in [0, 0.1) is 0 Å². The Morgan fingerprint density at radius 1 is 1.38 bits per heavy atom. The van der Waals surface area contributed by atoms with Crippen molar-refractivity contribution in [1.82, 2.24) is 0 Å². The van der Waals surface area contributed by atoms with Crippen molar-refractivity contribution in [2.24, 2.45) is 0 Å². The largest absolute Gasteiger partial charge is 0.466 e. The third-order valence-electron chi connectivity index (χ3n) is 3.93. The van der Waals surface area contributed by atoms with Gasteiger partial charge in [-0.1, -0.05) is 32.9 Å². The number of rotatable bonds is 8. The SMILES string of the molecule is C=C[C@H](O[Si](C)(C)C(C)(C)C)[C@@H](O)CC/C=C/C(=O)OC. The molecule has 0 unspecified atom stereocenters. The molecule has 21 heavy (non-hydrogen) atoms. The summed E-state index contributed by atoms with van der Waals surface area (Å²) in [6.07, 6.45) is 4.82. The van der Waals surface area contributed by atoms with E-state index in [-0.39, 0.29) is 17.1 Å². The van der Waals surface area contributed by atoms with Gasteiger partial charge in [-0.05, 0) is 31.0 Å². The molecule has 0 aromatic rings. The lowest BCUT2D eigenvalue weighted by Crippen LogP contribution is -2.46. The van der Waals surface area contributed by atoms with Crippen LogP contribution in [0.1, 0.15) is 33.6 Å². The smallest absolute Gasteiger partial charge is 0.330 e. The number of aliphatic hydroxyl groups is 1. The molecule has 0 aliphatic carbocycles. The van der Waals surface area contributed by atoms with Crippen molar-refractivity contribution in [3.63, 3.8) is 0 Å². The molecule has 2 atom stereocenters. The molecule has 0 aromatic carbocycles. The molecule has 0 saturated carbocycles. The van der Waals surface area contributed by atoms with Crippen LogP contribution in [0.25, 0.3) is 0 Å². The van der Waals surface area contributed by atoms with Crippen molar-refractivity contribution in [2.45, 2.75) is 64.0 Å². The summed E-state index contributed by atoms with van der Waals surface area (Å²) in [5.74, 6) is -0.387. The minimum atomic E-state index is -1.95. The average molecular weight is 314 g/mol. The second kappa shape index (κ2) is 8.51. The van der Waals surface area contributed by atoms with E-state index in [1.54, 1.807) is 12.2 Å². The molecule has 0 fully saturated rings. The first-order valence-electron chi connectivity index (χ1n) is 7.28. The molecule has 0 aliphatic rings. The van der Waals surface area contributed by atoms with E-state index in [4.69, 9.17) is 4.43 Å². The van der Waals surface area contributed by atoms with Crippen LogP contribution in [0.15, 0.2) is 24.8 Å². The second-order valence-corrected chi connectivity index (χ2v) is 11.4. The molecular formula is C16H30O4Si. The van der Waals surface area contributed by atoms with Crippen molar-refractivity contribution in [3.8, 4) is 0 Å². The second-order valence-electron chi connectivity index (χ2n) is 6.65. The number of allylic oxidation sites excluding steroid dienone is 1. The zero-order valence-electron chi connectivity index (χ0n) is 14.2. The van der Waals surface area contributed by atoms with Gasteiger partial charge in [-0.2, -0.15) is 0 Å². The van der Waals surface area contributed by atoms with Crippen LogP contribution in [-0.4, -0.2) is 38.7 Å². The highest BCUT2D eigenvalue weighted by Gasteiger charge is 2.39. The highest BCUT2D eigenvalue weighted by Crippen LogP contribution is 2.37. The summed E-state index contributed by atoms with van der Waals surface area (Å²) in [5, 5.41) is 10.3. The number of ether oxygens (including phenoxy) is 1. The van der Waals surface area contributed by atoms with Gasteiger partial charge in [-0.15, -0.1) is 6.58 Å². The zero-order valence-corrected chi connectivity index (χ0v) is 15.2. The maximum absolute atomic E-state index is 10.9. The van der Waals surface area contributed by atoms with Crippen molar-refractivity contribution in [3.05, 3.63) is 24.8 Å². The zero-order chi connectivity index (χ0) is 16.7. The van der Waals surface area contributed by atoms with Crippen LogP contribution >= 0.6 is 0 Å². The third kappa shape index (κ3) is 7.06. The minimum absolute atomic E-state index is 0.0821. The quantitative estimate of drug-likeness (QED) is 0.323. The van der Waals surface area contributed by atoms with Gasteiger partial charge >= 0.3 is 5.97 Å². The monoisotopic (exact) mass is 314 g/mol. The normalized spacial score (nSPS) is 15.8. The Balaban J connectivity index is 4.50. The fourth-order valence-electron chi connectivity index (χ4n) is 1.48. The minimum Gasteiger partial charge on any atom is -0.466 e. The van der Waals surface area contributed by atoms with Gasteiger partial charge in [0.2, 0.25) is 0 Å². The van der Waals surface area contributed by atoms with E-state index in [2.05, 4.69) is 45.2 Å². The Morgan fingerprint density at radius 2 is 1.95 bits per heavy atom. The molecule has 0 aliphatic heterocycles. The number of carbonyl (C=O) groups excluding carboxylic acids is 1. The lowest BCUT2D eigenvalue weighted by molar-refractivity contribution is -0.134. The summed E-state index contributed by atoms with van der Waals surface area (Å²) in [4.78, 5) is 10.9. The van der Waals surface area contributed by atoms with Crippen LogP contribution in [0.2, 0.25) is 18.1 Å². The molecule has 0 aromatic heterocycles. The lowest BCUT2D eigenvalue weighted by Gasteiger charge is -2.39. The summed E-state index contributed by atoms with van der Waals surface area (Å²) >= 11 is 0. The fraction of sp³-hybridized carbons (Fsp3) is 0.688. The summed E-state index contributed by atoms with van der Waals surface area (Å²) in [5.41, 5.74) is 0.